The third-order valence-electron chi connectivity index (χ3n) is 1.27. The second-order valence-corrected chi connectivity index (χ2v) is 3.32. The Hall–Kier alpha value is -0.810. The minimum atomic E-state index is -0.392. The van der Waals surface area contributed by atoms with E-state index in [0.29, 0.717) is 4.47 Å². The summed E-state index contributed by atoms with van der Waals surface area (Å²) in [4.78, 5) is 14.6. The van der Waals surface area contributed by atoms with Crippen LogP contribution < -0.4 is 5.32 Å². The number of pyridine rings is 1. The van der Waals surface area contributed by atoms with Gasteiger partial charge in [-0.1, -0.05) is 0 Å². The van der Waals surface area contributed by atoms with Crippen LogP contribution in [0.5, 0.6) is 5.75 Å². The Labute approximate surface area is 88.1 Å². The Bertz CT molecular complexity index is 332. The van der Waals surface area contributed by atoms with Crippen LogP contribution >= 0.6 is 27.5 Å². The van der Waals surface area contributed by atoms with Gasteiger partial charge in [-0.05, 0) is 15.9 Å². The molecule has 1 aromatic rings. The maximum Gasteiger partial charge on any atom is 0.239 e. The minimum absolute atomic E-state index is 0.0616. The Morgan fingerprint density at radius 1 is 1.69 bits per heavy atom. The van der Waals surface area contributed by atoms with Gasteiger partial charge >= 0.3 is 0 Å². The number of carbonyl (C=O) groups excluding carboxylic acids is 1. The molecular weight excluding hydrogens is 259 g/mol. The maximum atomic E-state index is 10.8. The second kappa shape index (κ2) is 4.43. The summed E-state index contributed by atoms with van der Waals surface area (Å²) in [5.74, 6) is -0.614. The second-order valence-electron chi connectivity index (χ2n) is 2.20. The molecule has 0 spiro atoms. The molecule has 6 heteroatoms. The molecule has 1 rings (SSSR count). The first-order valence-corrected chi connectivity index (χ1v) is 4.66. The first-order valence-electron chi connectivity index (χ1n) is 3.33. The van der Waals surface area contributed by atoms with Crippen molar-refractivity contribution >= 4 is 39.1 Å². The first-order chi connectivity index (χ1) is 6.15. The lowest BCUT2D eigenvalue weighted by molar-refractivity contribution is -0.113. The van der Waals surface area contributed by atoms with E-state index in [1.54, 1.807) is 0 Å². The minimum Gasteiger partial charge on any atom is -0.505 e. The van der Waals surface area contributed by atoms with E-state index in [1.165, 1.54) is 12.4 Å². The van der Waals surface area contributed by atoms with Crippen molar-refractivity contribution in [2.24, 2.45) is 0 Å². The van der Waals surface area contributed by atoms with Crippen LogP contribution in [-0.4, -0.2) is 21.9 Å². The van der Waals surface area contributed by atoms with Crippen molar-refractivity contribution in [3.05, 3.63) is 16.9 Å². The summed E-state index contributed by atoms with van der Waals surface area (Å²) in [6.07, 6.45) is 2.76. The zero-order chi connectivity index (χ0) is 9.84. The van der Waals surface area contributed by atoms with Crippen LogP contribution in [0.2, 0.25) is 0 Å². The zero-order valence-electron chi connectivity index (χ0n) is 6.42. The number of aromatic hydroxyl groups is 1. The molecule has 0 atom stereocenters. The molecule has 0 fully saturated rings. The van der Waals surface area contributed by atoms with E-state index in [9.17, 15) is 9.90 Å². The Morgan fingerprint density at radius 3 is 3.00 bits per heavy atom. The van der Waals surface area contributed by atoms with Crippen LogP contribution in [-0.2, 0) is 4.79 Å². The van der Waals surface area contributed by atoms with Crippen molar-refractivity contribution in [2.45, 2.75) is 0 Å². The van der Waals surface area contributed by atoms with E-state index in [4.69, 9.17) is 11.6 Å². The number of anilines is 1. The van der Waals surface area contributed by atoms with Crippen LogP contribution in [0.3, 0.4) is 0 Å². The Kier molecular flexibility index (Phi) is 3.50. The van der Waals surface area contributed by atoms with E-state index >= 15 is 0 Å². The van der Waals surface area contributed by atoms with Crippen LogP contribution in [0, 0.1) is 0 Å². The van der Waals surface area contributed by atoms with Crippen LogP contribution in [0.15, 0.2) is 16.9 Å². The predicted octanol–water partition coefficient (Wildman–Crippen LogP) is 1.73. The lowest BCUT2D eigenvalue weighted by Crippen LogP contribution is -2.12. The molecule has 70 valence electrons. The van der Waals surface area contributed by atoms with Crippen LogP contribution in [0.25, 0.3) is 0 Å². The molecule has 0 saturated heterocycles. The van der Waals surface area contributed by atoms with Crippen molar-refractivity contribution in [1.29, 1.82) is 0 Å². The van der Waals surface area contributed by atoms with E-state index in [-0.39, 0.29) is 17.3 Å². The molecule has 1 aromatic heterocycles. The highest BCUT2D eigenvalue weighted by Gasteiger charge is 2.07. The van der Waals surface area contributed by atoms with Crippen LogP contribution in [0.4, 0.5) is 5.69 Å². The number of hydrogen-bond donors (Lipinski definition) is 2. The summed E-state index contributed by atoms with van der Waals surface area (Å²) in [7, 11) is 0. The highest BCUT2D eigenvalue weighted by atomic mass is 79.9. The van der Waals surface area contributed by atoms with E-state index in [1.807, 2.05) is 0 Å². The Balaban J connectivity index is 2.89. The standard InChI is InChI=1S/C7H6BrClN2O2/c8-4-2-10-3-5(7(4)13)11-6(12)1-9/h2-3H,1H2,(H,10,13)(H,11,12). The first kappa shape index (κ1) is 10.3. The molecule has 0 aliphatic rings. The molecule has 13 heavy (non-hydrogen) atoms. The highest BCUT2D eigenvalue weighted by Crippen LogP contribution is 2.30. The maximum absolute atomic E-state index is 10.8. The normalized spacial score (nSPS) is 9.69. The largest absolute Gasteiger partial charge is 0.505 e. The van der Waals surface area contributed by atoms with Gasteiger partial charge in [-0.2, -0.15) is 0 Å². The number of nitrogens with one attached hydrogen (secondary N) is 1. The monoisotopic (exact) mass is 264 g/mol. The average molecular weight is 265 g/mol. The van der Waals surface area contributed by atoms with Crippen molar-refractivity contribution in [3.63, 3.8) is 0 Å². The van der Waals surface area contributed by atoms with Gasteiger partial charge < -0.3 is 10.4 Å². The topological polar surface area (TPSA) is 62.2 Å². The quantitative estimate of drug-likeness (QED) is 0.801. The summed E-state index contributed by atoms with van der Waals surface area (Å²) in [5.41, 5.74) is 0.236. The number of amides is 1. The molecule has 2 N–H and O–H groups in total. The van der Waals surface area contributed by atoms with Gasteiger partial charge in [-0.3, -0.25) is 9.78 Å². The van der Waals surface area contributed by atoms with Gasteiger partial charge in [-0.15, -0.1) is 11.6 Å². The Morgan fingerprint density at radius 2 is 2.38 bits per heavy atom. The molecule has 1 heterocycles. The fraction of sp³-hybridized carbons (Fsp3) is 0.143. The third-order valence-corrected chi connectivity index (χ3v) is 2.09. The summed E-state index contributed by atoms with van der Waals surface area (Å²) < 4.78 is 0.417. The molecule has 0 bridgehead atoms. The van der Waals surface area contributed by atoms with Crippen molar-refractivity contribution in [3.8, 4) is 5.75 Å². The van der Waals surface area contributed by atoms with Gasteiger partial charge in [0.25, 0.3) is 0 Å². The van der Waals surface area contributed by atoms with Gasteiger partial charge in [0, 0.05) is 6.20 Å². The third kappa shape index (κ3) is 2.57. The number of nitrogens with zero attached hydrogens (tertiary/aromatic N) is 1. The summed E-state index contributed by atoms with van der Waals surface area (Å²) in [5, 5.41) is 11.8. The molecule has 4 nitrogen and oxygen atoms in total. The number of rotatable bonds is 2. The predicted molar refractivity (Wildman–Crippen MR) is 53.0 cm³/mol. The molecule has 0 saturated carbocycles. The molecule has 0 unspecified atom stereocenters. The van der Waals surface area contributed by atoms with Gasteiger partial charge in [0.15, 0.2) is 5.75 Å². The highest BCUT2D eigenvalue weighted by molar-refractivity contribution is 9.10. The van der Waals surface area contributed by atoms with Gasteiger partial charge in [-0.25, -0.2) is 0 Å². The molecule has 0 radical (unpaired) electrons. The number of alkyl halides is 1. The number of aromatic nitrogens is 1. The van der Waals surface area contributed by atoms with E-state index in [0.717, 1.165) is 0 Å². The molecule has 0 aliphatic carbocycles. The average Bonchev–Trinajstić information content (AvgIpc) is 2.13. The van der Waals surface area contributed by atoms with Gasteiger partial charge in [0.1, 0.15) is 11.6 Å². The molecule has 1 amide bonds. The van der Waals surface area contributed by atoms with Gasteiger partial charge in [0.05, 0.1) is 10.7 Å². The molecular formula is C7H6BrClN2O2. The SMILES string of the molecule is O=C(CCl)Nc1cncc(Br)c1O. The summed E-state index contributed by atoms with van der Waals surface area (Å²) >= 11 is 8.33. The summed E-state index contributed by atoms with van der Waals surface area (Å²) in [6, 6.07) is 0. The number of halogens is 2. The smallest absolute Gasteiger partial charge is 0.239 e. The zero-order valence-corrected chi connectivity index (χ0v) is 8.76. The molecule has 0 aromatic carbocycles. The van der Waals surface area contributed by atoms with Crippen molar-refractivity contribution in [2.75, 3.05) is 11.2 Å². The van der Waals surface area contributed by atoms with Crippen molar-refractivity contribution in [1.82, 2.24) is 4.98 Å². The summed E-state index contributed by atoms with van der Waals surface area (Å²) in [6.45, 7) is 0. The number of carbonyl (C=O) groups is 1. The fourth-order valence-corrected chi connectivity index (χ4v) is 1.10. The fourth-order valence-electron chi connectivity index (χ4n) is 0.703. The molecule has 0 aliphatic heterocycles. The van der Waals surface area contributed by atoms with Crippen LogP contribution in [0.1, 0.15) is 0 Å². The van der Waals surface area contributed by atoms with Crippen molar-refractivity contribution < 1.29 is 9.90 Å². The lowest BCUT2D eigenvalue weighted by atomic mass is 10.4. The lowest BCUT2D eigenvalue weighted by Gasteiger charge is -2.05. The van der Waals surface area contributed by atoms with Gasteiger partial charge in [0.2, 0.25) is 5.91 Å². The van der Waals surface area contributed by atoms with E-state index < -0.39 is 5.91 Å². The number of hydrogen-bond acceptors (Lipinski definition) is 3. The van der Waals surface area contributed by atoms with E-state index in [2.05, 4.69) is 26.2 Å².